The summed E-state index contributed by atoms with van der Waals surface area (Å²) in [5.41, 5.74) is -3.10. The van der Waals surface area contributed by atoms with Crippen LogP contribution in [0.4, 0.5) is 17.6 Å². The fourth-order valence-corrected chi connectivity index (χ4v) is 4.43. The maximum Gasteiger partial charge on any atom is 0.422 e. The highest BCUT2D eigenvalue weighted by molar-refractivity contribution is 6.31. The molecule has 0 aliphatic carbocycles. The summed E-state index contributed by atoms with van der Waals surface area (Å²) in [6, 6.07) is 15.4. The molecule has 2 N–H and O–H groups in total. The number of para-hydroxylation sites is 1. The van der Waals surface area contributed by atoms with Gasteiger partial charge in [-0.25, -0.2) is 9.18 Å². The van der Waals surface area contributed by atoms with E-state index in [9.17, 15) is 27.5 Å². The minimum absolute atomic E-state index is 0.0176. The third kappa shape index (κ3) is 4.35. The molecule has 0 spiro atoms. The number of aromatic carboxylic acids is 1. The van der Waals surface area contributed by atoms with Crippen LogP contribution in [-0.4, -0.2) is 27.3 Å². The maximum atomic E-state index is 14.3. The third-order valence-corrected chi connectivity index (χ3v) is 6.41. The molecule has 0 fully saturated rings. The number of aromatic nitrogens is 1. The minimum Gasteiger partial charge on any atom is -0.478 e. The summed E-state index contributed by atoms with van der Waals surface area (Å²) in [7, 11) is 0. The van der Waals surface area contributed by atoms with Gasteiger partial charge in [0.05, 0.1) is 11.1 Å². The summed E-state index contributed by atoms with van der Waals surface area (Å²) in [4.78, 5) is 15.3. The number of nitrogens with zero attached hydrogens (tertiary/aromatic N) is 1. The topological polar surface area (TPSA) is 70.4 Å². The van der Waals surface area contributed by atoms with E-state index in [0.717, 1.165) is 18.3 Å². The highest BCUT2D eigenvalue weighted by atomic mass is 35.5. The maximum absolute atomic E-state index is 14.3. The molecule has 180 valence electrons. The number of pyridine rings is 1. The van der Waals surface area contributed by atoms with Gasteiger partial charge in [-0.2, -0.15) is 13.2 Å². The number of benzene rings is 3. The molecule has 0 radical (unpaired) electrons. The van der Waals surface area contributed by atoms with Crippen LogP contribution in [0.2, 0.25) is 5.02 Å². The quantitative estimate of drug-likeness (QED) is 0.289. The SMILES string of the molecule is CC(c1ccc(-c2ccc(F)c(C(=O)O)c2)cc1Cl)C(O)(c1cnc2ccccc2c1)C(F)(F)F. The molecular formula is C26H18ClF4NO3. The van der Waals surface area contributed by atoms with E-state index in [1.54, 1.807) is 24.3 Å². The third-order valence-electron chi connectivity index (χ3n) is 6.09. The standard InChI is InChI=1S/C26H18ClF4NO3/c1-14(25(35,26(29,30)31)18-10-17-4-2-3-5-23(17)32-13-18)19-8-6-16(12-21(19)27)15-7-9-22(28)20(11-15)24(33)34/h2-14,35H,1H3,(H,33,34). The molecule has 0 aliphatic rings. The highest BCUT2D eigenvalue weighted by Gasteiger charge is 2.59. The second kappa shape index (κ2) is 8.94. The molecule has 1 heterocycles. The van der Waals surface area contributed by atoms with Crippen molar-refractivity contribution in [3.8, 4) is 11.1 Å². The van der Waals surface area contributed by atoms with E-state index in [-0.39, 0.29) is 10.6 Å². The molecule has 0 aliphatic heterocycles. The number of aliphatic hydroxyl groups is 1. The lowest BCUT2D eigenvalue weighted by Gasteiger charge is -2.37. The van der Waals surface area contributed by atoms with Crippen molar-refractivity contribution >= 4 is 28.5 Å². The van der Waals surface area contributed by atoms with Gasteiger partial charge in [0.2, 0.25) is 0 Å². The average molecular weight is 504 g/mol. The van der Waals surface area contributed by atoms with Gasteiger partial charge in [0.15, 0.2) is 5.60 Å². The van der Waals surface area contributed by atoms with Crippen molar-refractivity contribution in [2.24, 2.45) is 0 Å². The Morgan fingerprint density at radius 2 is 1.66 bits per heavy atom. The number of rotatable bonds is 5. The van der Waals surface area contributed by atoms with Crippen molar-refractivity contribution < 1.29 is 32.6 Å². The Morgan fingerprint density at radius 1 is 1.00 bits per heavy atom. The number of carbonyl (C=O) groups is 1. The Balaban J connectivity index is 1.79. The van der Waals surface area contributed by atoms with Crippen molar-refractivity contribution in [3.05, 3.63) is 100 Å². The molecule has 0 saturated carbocycles. The second-order valence-electron chi connectivity index (χ2n) is 8.14. The molecular weight excluding hydrogens is 486 g/mol. The molecule has 9 heteroatoms. The first-order valence-corrected chi connectivity index (χ1v) is 10.8. The van der Waals surface area contributed by atoms with Crippen molar-refractivity contribution in [1.29, 1.82) is 0 Å². The zero-order chi connectivity index (χ0) is 25.5. The lowest BCUT2D eigenvalue weighted by Crippen LogP contribution is -2.46. The molecule has 0 amide bonds. The molecule has 1 aromatic heterocycles. The van der Waals surface area contributed by atoms with E-state index in [1.165, 1.54) is 37.3 Å². The summed E-state index contributed by atoms with van der Waals surface area (Å²) in [5, 5.41) is 20.6. The largest absolute Gasteiger partial charge is 0.478 e. The normalized spacial score (nSPS) is 14.5. The van der Waals surface area contributed by atoms with Crippen LogP contribution in [0.1, 0.15) is 34.3 Å². The van der Waals surface area contributed by atoms with Gasteiger partial charge < -0.3 is 10.2 Å². The van der Waals surface area contributed by atoms with Crippen LogP contribution >= 0.6 is 11.6 Å². The van der Waals surface area contributed by atoms with Crippen molar-refractivity contribution in [1.82, 2.24) is 4.98 Å². The van der Waals surface area contributed by atoms with Gasteiger partial charge in [0.1, 0.15) is 5.82 Å². The van der Waals surface area contributed by atoms with Gasteiger partial charge >= 0.3 is 12.1 Å². The van der Waals surface area contributed by atoms with Gasteiger partial charge in [-0.1, -0.05) is 54.9 Å². The Hall–Kier alpha value is -3.49. The van der Waals surface area contributed by atoms with Crippen molar-refractivity contribution in [2.45, 2.75) is 24.6 Å². The predicted octanol–water partition coefficient (Wildman–Crippen LogP) is 6.95. The number of hydrogen-bond acceptors (Lipinski definition) is 3. The Morgan fingerprint density at radius 3 is 2.31 bits per heavy atom. The molecule has 4 rings (SSSR count). The van der Waals surface area contributed by atoms with Gasteiger partial charge in [0, 0.05) is 28.1 Å². The van der Waals surface area contributed by atoms with Gasteiger partial charge in [0.25, 0.3) is 0 Å². The average Bonchev–Trinajstić information content (AvgIpc) is 2.82. The first-order valence-electron chi connectivity index (χ1n) is 10.4. The highest BCUT2D eigenvalue weighted by Crippen LogP contribution is 2.50. The molecule has 2 atom stereocenters. The van der Waals surface area contributed by atoms with Crippen LogP contribution in [-0.2, 0) is 5.60 Å². The Kier molecular flexibility index (Phi) is 6.29. The lowest BCUT2D eigenvalue weighted by atomic mass is 9.77. The van der Waals surface area contributed by atoms with Crippen LogP contribution in [0.3, 0.4) is 0 Å². The second-order valence-corrected chi connectivity index (χ2v) is 8.55. The van der Waals surface area contributed by atoms with E-state index < -0.39 is 40.6 Å². The molecule has 4 aromatic rings. The molecule has 3 aromatic carbocycles. The smallest absolute Gasteiger partial charge is 0.422 e. The first-order chi connectivity index (χ1) is 16.4. The summed E-state index contributed by atoms with van der Waals surface area (Å²) in [6.07, 6.45) is -4.06. The summed E-state index contributed by atoms with van der Waals surface area (Å²) >= 11 is 6.36. The molecule has 0 saturated heterocycles. The van der Waals surface area contributed by atoms with Crippen LogP contribution in [0.5, 0.6) is 0 Å². The van der Waals surface area contributed by atoms with Crippen LogP contribution in [0.25, 0.3) is 22.0 Å². The van der Waals surface area contributed by atoms with E-state index >= 15 is 0 Å². The molecule has 4 nitrogen and oxygen atoms in total. The van der Waals surface area contributed by atoms with E-state index in [4.69, 9.17) is 16.7 Å². The van der Waals surface area contributed by atoms with Crippen LogP contribution < -0.4 is 0 Å². The van der Waals surface area contributed by atoms with Crippen LogP contribution in [0, 0.1) is 5.82 Å². The summed E-state index contributed by atoms with van der Waals surface area (Å²) < 4.78 is 56.8. The fourth-order valence-electron chi connectivity index (χ4n) is 4.09. The number of fused-ring (bicyclic) bond motifs is 1. The van der Waals surface area contributed by atoms with Crippen molar-refractivity contribution in [3.63, 3.8) is 0 Å². The Bertz CT molecular complexity index is 1440. The predicted molar refractivity (Wildman–Crippen MR) is 124 cm³/mol. The van der Waals surface area contributed by atoms with Crippen molar-refractivity contribution in [2.75, 3.05) is 0 Å². The first kappa shape index (κ1) is 24.6. The zero-order valence-corrected chi connectivity index (χ0v) is 18.9. The molecule has 0 bridgehead atoms. The van der Waals surface area contributed by atoms with E-state index in [0.29, 0.717) is 22.0 Å². The molecule has 2 unspecified atom stereocenters. The van der Waals surface area contributed by atoms with Gasteiger partial charge in [-0.3, -0.25) is 4.98 Å². The fraction of sp³-hybridized carbons (Fsp3) is 0.154. The molecule has 35 heavy (non-hydrogen) atoms. The van der Waals surface area contributed by atoms with E-state index in [1.807, 2.05) is 0 Å². The number of halogens is 5. The van der Waals surface area contributed by atoms with Gasteiger partial charge in [-0.05, 0) is 47.0 Å². The minimum atomic E-state index is -5.06. The van der Waals surface area contributed by atoms with E-state index in [2.05, 4.69) is 4.98 Å². The van der Waals surface area contributed by atoms with Crippen LogP contribution in [0.15, 0.2) is 72.9 Å². The summed E-state index contributed by atoms with van der Waals surface area (Å²) in [6.45, 7) is 1.21. The van der Waals surface area contributed by atoms with Gasteiger partial charge in [-0.15, -0.1) is 0 Å². The number of carboxylic acid groups (broad SMARTS) is 1. The lowest BCUT2D eigenvalue weighted by molar-refractivity contribution is -0.274. The number of hydrogen-bond donors (Lipinski definition) is 2. The Labute approximate surface area is 202 Å². The number of carboxylic acids is 1. The number of alkyl halides is 3. The summed E-state index contributed by atoms with van der Waals surface area (Å²) in [5.74, 6) is -3.91. The zero-order valence-electron chi connectivity index (χ0n) is 18.1. The monoisotopic (exact) mass is 503 g/mol.